The van der Waals surface area contributed by atoms with Crippen molar-refractivity contribution in [3.05, 3.63) is 34.9 Å². The fourth-order valence-electron chi connectivity index (χ4n) is 4.62. The van der Waals surface area contributed by atoms with Crippen LogP contribution in [0.4, 0.5) is 11.9 Å². The summed E-state index contributed by atoms with van der Waals surface area (Å²) >= 11 is 7.95. The molecule has 7 nitrogen and oxygen atoms in total. The van der Waals surface area contributed by atoms with Crippen LogP contribution in [-0.4, -0.2) is 74.9 Å². The molecule has 2 saturated heterocycles. The maximum absolute atomic E-state index is 6.09. The molecule has 3 N–H and O–H groups in total. The molecule has 2 atom stereocenters. The summed E-state index contributed by atoms with van der Waals surface area (Å²) in [5.74, 6) is 1.10. The molecule has 0 amide bonds. The number of benzene rings is 1. The van der Waals surface area contributed by atoms with E-state index in [1.54, 1.807) is 0 Å². The fraction of sp³-hybridized carbons (Fsp3) is 0.600. The molecule has 1 aromatic heterocycles. The Bertz CT molecular complexity index is 790. The molecular formula is C20H30ClN7S. The van der Waals surface area contributed by atoms with Crippen LogP contribution in [0.15, 0.2) is 24.3 Å². The Balaban J connectivity index is 1.45. The van der Waals surface area contributed by atoms with Crippen LogP contribution in [0, 0.1) is 0 Å². The van der Waals surface area contributed by atoms with Gasteiger partial charge in [0.15, 0.2) is 0 Å². The van der Waals surface area contributed by atoms with Crippen LogP contribution < -0.4 is 10.6 Å². The summed E-state index contributed by atoms with van der Waals surface area (Å²) in [5.41, 5.74) is 7.05. The van der Waals surface area contributed by atoms with Gasteiger partial charge < -0.3 is 10.6 Å². The van der Waals surface area contributed by atoms with Crippen molar-refractivity contribution < 1.29 is 0 Å². The van der Waals surface area contributed by atoms with Gasteiger partial charge >= 0.3 is 0 Å². The quantitative estimate of drug-likeness (QED) is 0.699. The highest BCUT2D eigenvalue weighted by molar-refractivity contribution is 7.96. The standard InChI is InChI=1S/C20H30ClN7S/c1-14-12-27(17-7-9-26(10-8-17)20-23-19(22)24-25-20)18(13-28(14)29-2)11-15-3-5-16(21)6-4-15/h3-6,14,17-18H,7-13H2,1-2H3,(H3,22,23,24,25)/t14-,18-/m0/s1. The summed E-state index contributed by atoms with van der Waals surface area (Å²) in [6, 6.07) is 9.98. The van der Waals surface area contributed by atoms with Gasteiger partial charge in [0.05, 0.1) is 0 Å². The number of H-pyrrole nitrogens is 1. The molecule has 2 aliphatic heterocycles. The smallest absolute Gasteiger partial charge is 0.246 e. The number of hydrogen-bond donors (Lipinski definition) is 2. The van der Waals surface area contributed by atoms with Gasteiger partial charge in [-0.1, -0.05) is 35.7 Å². The summed E-state index contributed by atoms with van der Waals surface area (Å²) in [4.78, 5) is 9.28. The lowest BCUT2D eigenvalue weighted by molar-refractivity contribution is 0.0401. The molecule has 0 saturated carbocycles. The predicted octanol–water partition coefficient (Wildman–Crippen LogP) is 2.90. The van der Waals surface area contributed by atoms with Crippen molar-refractivity contribution in [3.8, 4) is 0 Å². The lowest BCUT2D eigenvalue weighted by atomic mass is 9.95. The van der Waals surface area contributed by atoms with Crippen LogP contribution in [0.1, 0.15) is 25.3 Å². The molecule has 0 bridgehead atoms. The number of nitrogens with one attached hydrogen (secondary N) is 1. The molecule has 9 heteroatoms. The number of hydrogen-bond acceptors (Lipinski definition) is 7. The normalized spacial score (nSPS) is 24.9. The van der Waals surface area contributed by atoms with Crippen molar-refractivity contribution in [1.82, 2.24) is 24.4 Å². The highest BCUT2D eigenvalue weighted by Crippen LogP contribution is 2.29. The van der Waals surface area contributed by atoms with Crippen molar-refractivity contribution in [1.29, 1.82) is 0 Å². The number of piperidine rings is 1. The van der Waals surface area contributed by atoms with Gasteiger partial charge in [0.2, 0.25) is 11.9 Å². The Labute approximate surface area is 182 Å². The minimum absolute atomic E-state index is 0.382. The summed E-state index contributed by atoms with van der Waals surface area (Å²) in [6.45, 7) is 6.47. The Hall–Kier alpha value is -1.48. The Kier molecular flexibility index (Phi) is 6.53. The van der Waals surface area contributed by atoms with Crippen LogP contribution in [-0.2, 0) is 6.42 Å². The first-order valence-electron chi connectivity index (χ1n) is 10.3. The van der Waals surface area contributed by atoms with Crippen LogP contribution in [0.5, 0.6) is 0 Å². The minimum atomic E-state index is 0.382. The second-order valence-corrected chi connectivity index (χ2v) is 9.32. The monoisotopic (exact) mass is 435 g/mol. The first-order valence-corrected chi connectivity index (χ1v) is 11.8. The van der Waals surface area contributed by atoms with Gasteiger partial charge in [-0.2, -0.15) is 4.98 Å². The van der Waals surface area contributed by atoms with E-state index < -0.39 is 0 Å². The van der Waals surface area contributed by atoms with Gasteiger partial charge in [0, 0.05) is 49.3 Å². The van der Waals surface area contributed by atoms with Crippen LogP contribution in [0.25, 0.3) is 0 Å². The van der Waals surface area contributed by atoms with E-state index in [0.717, 1.165) is 56.4 Å². The number of aromatic amines is 1. The van der Waals surface area contributed by atoms with Crippen LogP contribution >= 0.6 is 23.5 Å². The topological polar surface area (TPSA) is 77.3 Å². The van der Waals surface area contributed by atoms with E-state index in [9.17, 15) is 0 Å². The highest BCUT2D eigenvalue weighted by Gasteiger charge is 2.37. The number of rotatable bonds is 5. The van der Waals surface area contributed by atoms with E-state index in [2.05, 4.69) is 54.6 Å². The second-order valence-electron chi connectivity index (χ2n) is 8.05. The van der Waals surface area contributed by atoms with Gasteiger partial charge in [-0.25, -0.2) is 9.40 Å². The van der Waals surface area contributed by atoms with Crippen molar-refractivity contribution in [2.45, 2.75) is 44.3 Å². The van der Waals surface area contributed by atoms with E-state index in [1.165, 1.54) is 5.56 Å². The Morgan fingerprint density at radius 3 is 2.55 bits per heavy atom. The van der Waals surface area contributed by atoms with E-state index in [4.69, 9.17) is 17.3 Å². The first kappa shape index (κ1) is 20.8. The third-order valence-electron chi connectivity index (χ3n) is 6.15. The molecule has 3 heterocycles. The highest BCUT2D eigenvalue weighted by atomic mass is 35.5. The van der Waals surface area contributed by atoms with Gasteiger partial charge in [-0.3, -0.25) is 4.90 Å². The number of nitrogen functional groups attached to an aromatic ring is 1. The van der Waals surface area contributed by atoms with Gasteiger partial charge in [-0.05, 0) is 50.1 Å². The fourth-order valence-corrected chi connectivity index (χ4v) is 5.49. The summed E-state index contributed by atoms with van der Waals surface area (Å²) in [6.07, 6.45) is 5.49. The van der Waals surface area contributed by atoms with Gasteiger partial charge in [0.25, 0.3) is 0 Å². The number of nitrogens with two attached hydrogens (primary N) is 1. The molecule has 0 aliphatic carbocycles. The zero-order valence-electron chi connectivity index (χ0n) is 17.1. The summed E-state index contributed by atoms with van der Waals surface area (Å²) in [5, 5.41) is 7.76. The first-order chi connectivity index (χ1) is 14.0. The average Bonchev–Trinajstić information content (AvgIpc) is 3.17. The molecule has 1 aromatic carbocycles. The van der Waals surface area contributed by atoms with Crippen molar-refractivity contribution in [3.63, 3.8) is 0 Å². The molecule has 4 rings (SSSR count). The van der Waals surface area contributed by atoms with E-state index in [-0.39, 0.29) is 0 Å². The van der Waals surface area contributed by atoms with E-state index in [1.807, 2.05) is 24.1 Å². The number of aromatic nitrogens is 3. The zero-order valence-corrected chi connectivity index (χ0v) is 18.7. The van der Waals surface area contributed by atoms with E-state index in [0.29, 0.717) is 24.1 Å². The predicted molar refractivity (Wildman–Crippen MR) is 121 cm³/mol. The molecule has 0 unspecified atom stereocenters. The number of piperazine rings is 1. The molecule has 2 fully saturated rings. The SMILES string of the molecule is CSN1C[C@H](Cc2ccc(Cl)cc2)N(C2CCN(c3n[nH]c(N)n3)CC2)C[C@@H]1C. The minimum Gasteiger partial charge on any atom is -0.368 e. The maximum atomic E-state index is 6.09. The zero-order chi connectivity index (χ0) is 20.4. The van der Waals surface area contributed by atoms with Crippen molar-refractivity contribution in [2.75, 3.05) is 43.1 Å². The lowest BCUT2D eigenvalue weighted by Gasteiger charge is -2.49. The molecule has 158 valence electrons. The largest absolute Gasteiger partial charge is 0.368 e. The molecule has 0 spiro atoms. The molecule has 0 radical (unpaired) electrons. The third-order valence-corrected chi connectivity index (χ3v) is 7.38. The van der Waals surface area contributed by atoms with Crippen LogP contribution in [0.2, 0.25) is 5.02 Å². The molecule has 29 heavy (non-hydrogen) atoms. The van der Waals surface area contributed by atoms with Crippen LogP contribution in [0.3, 0.4) is 0 Å². The Morgan fingerprint density at radius 1 is 1.21 bits per heavy atom. The number of nitrogens with zero attached hydrogens (tertiary/aromatic N) is 5. The molecular weight excluding hydrogens is 406 g/mol. The number of halogens is 1. The van der Waals surface area contributed by atoms with E-state index >= 15 is 0 Å². The average molecular weight is 436 g/mol. The molecule has 2 aromatic rings. The number of anilines is 2. The van der Waals surface area contributed by atoms with Gasteiger partial charge in [-0.15, -0.1) is 5.10 Å². The maximum Gasteiger partial charge on any atom is 0.246 e. The Morgan fingerprint density at radius 2 is 1.93 bits per heavy atom. The third kappa shape index (κ3) is 4.82. The second kappa shape index (κ2) is 9.12. The van der Waals surface area contributed by atoms with Crippen molar-refractivity contribution >= 4 is 35.4 Å². The summed E-state index contributed by atoms with van der Waals surface area (Å²) < 4.78 is 2.53. The molecule has 2 aliphatic rings. The van der Waals surface area contributed by atoms with Crippen molar-refractivity contribution in [2.24, 2.45) is 0 Å². The van der Waals surface area contributed by atoms with Gasteiger partial charge in [0.1, 0.15) is 0 Å². The lowest BCUT2D eigenvalue weighted by Crippen LogP contribution is -2.60. The summed E-state index contributed by atoms with van der Waals surface area (Å²) in [7, 11) is 0.